The third kappa shape index (κ3) is 70.0. The molecule has 0 fully saturated rings. The van der Waals surface area contributed by atoms with E-state index in [0.29, 0.717) is 19.3 Å². The van der Waals surface area contributed by atoms with E-state index in [1.165, 1.54) is 295 Å². The highest BCUT2D eigenvalue weighted by Crippen LogP contribution is 2.18. The van der Waals surface area contributed by atoms with Gasteiger partial charge in [0.15, 0.2) is 6.10 Å². The number of allylic oxidation sites excluding steroid dienone is 8. The van der Waals surface area contributed by atoms with Gasteiger partial charge in [0.2, 0.25) is 0 Å². The number of esters is 3. The standard InChI is InChI=1S/C77H142O6/c1-4-7-10-13-16-19-22-25-27-29-31-33-34-35-36-37-38-39-40-41-42-44-45-47-49-52-55-58-61-64-67-70-76(79)82-73-74(72-81-75(78)69-66-63-60-57-54-51-24-21-18-15-12-9-6-3)83-77(80)71-68-65-62-59-56-53-50-48-46-43-32-30-28-26-23-20-17-14-11-8-5-2/h22,25,29-32,34-35,74H,4-21,23-24,26-28,33,36-73H2,1-3H3/b25-22-,31-29-,32-30-,35-34-. The molecular formula is C77H142O6. The normalized spacial score (nSPS) is 12.3. The van der Waals surface area contributed by atoms with Crippen molar-refractivity contribution in [3.05, 3.63) is 48.6 Å². The highest BCUT2D eigenvalue weighted by atomic mass is 16.6. The van der Waals surface area contributed by atoms with E-state index in [0.717, 1.165) is 70.6 Å². The summed E-state index contributed by atoms with van der Waals surface area (Å²) >= 11 is 0. The zero-order valence-electron chi connectivity index (χ0n) is 56.0. The van der Waals surface area contributed by atoms with Gasteiger partial charge in [-0.2, -0.15) is 0 Å². The third-order valence-electron chi connectivity index (χ3n) is 16.8. The van der Waals surface area contributed by atoms with E-state index in [2.05, 4.69) is 69.4 Å². The summed E-state index contributed by atoms with van der Waals surface area (Å²) in [5, 5.41) is 0. The van der Waals surface area contributed by atoms with E-state index in [9.17, 15) is 14.4 Å². The van der Waals surface area contributed by atoms with Gasteiger partial charge in [-0.05, 0) is 83.5 Å². The third-order valence-corrected chi connectivity index (χ3v) is 16.8. The van der Waals surface area contributed by atoms with Gasteiger partial charge in [-0.3, -0.25) is 14.4 Å². The maximum Gasteiger partial charge on any atom is 0.306 e. The minimum Gasteiger partial charge on any atom is -0.462 e. The fourth-order valence-electron chi connectivity index (χ4n) is 11.2. The van der Waals surface area contributed by atoms with Gasteiger partial charge < -0.3 is 14.2 Å². The first kappa shape index (κ1) is 80.4. The van der Waals surface area contributed by atoms with Gasteiger partial charge in [0.05, 0.1) is 0 Å². The summed E-state index contributed by atoms with van der Waals surface area (Å²) in [5.41, 5.74) is 0. The molecule has 486 valence electrons. The van der Waals surface area contributed by atoms with Crippen LogP contribution in [-0.2, 0) is 28.6 Å². The molecule has 0 aliphatic carbocycles. The lowest BCUT2D eigenvalue weighted by atomic mass is 10.0. The van der Waals surface area contributed by atoms with Crippen molar-refractivity contribution in [1.29, 1.82) is 0 Å². The zero-order valence-corrected chi connectivity index (χ0v) is 56.0. The van der Waals surface area contributed by atoms with E-state index in [1.807, 2.05) is 0 Å². The molecule has 6 heteroatoms. The van der Waals surface area contributed by atoms with Gasteiger partial charge in [-0.1, -0.05) is 352 Å². The van der Waals surface area contributed by atoms with Crippen LogP contribution in [0.25, 0.3) is 0 Å². The second-order valence-corrected chi connectivity index (χ2v) is 25.2. The maximum absolute atomic E-state index is 13.0. The average Bonchev–Trinajstić information content (AvgIpc) is 3.49. The Morgan fingerprint density at radius 1 is 0.241 bits per heavy atom. The molecule has 0 bridgehead atoms. The van der Waals surface area contributed by atoms with Crippen LogP contribution < -0.4 is 0 Å². The Hall–Kier alpha value is -2.63. The first-order valence-corrected chi connectivity index (χ1v) is 37.1. The molecule has 0 heterocycles. The largest absolute Gasteiger partial charge is 0.462 e. The summed E-state index contributed by atoms with van der Waals surface area (Å²) in [4.78, 5) is 38.5. The quantitative estimate of drug-likeness (QED) is 0.0261. The van der Waals surface area contributed by atoms with E-state index in [1.54, 1.807) is 0 Å². The highest BCUT2D eigenvalue weighted by molar-refractivity contribution is 5.71. The summed E-state index contributed by atoms with van der Waals surface area (Å²) in [7, 11) is 0. The van der Waals surface area contributed by atoms with Gasteiger partial charge in [0, 0.05) is 19.3 Å². The summed E-state index contributed by atoms with van der Waals surface area (Å²) in [5.74, 6) is -0.841. The minimum atomic E-state index is -0.772. The van der Waals surface area contributed by atoms with Crippen molar-refractivity contribution in [3.63, 3.8) is 0 Å². The molecule has 0 rings (SSSR count). The Morgan fingerprint density at radius 3 is 0.687 bits per heavy atom. The molecule has 0 saturated carbocycles. The monoisotopic (exact) mass is 1160 g/mol. The van der Waals surface area contributed by atoms with Crippen molar-refractivity contribution < 1.29 is 28.6 Å². The minimum absolute atomic E-state index is 0.0680. The van der Waals surface area contributed by atoms with Crippen LogP contribution in [0.1, 0.15) is 406 Å². The van der Waals surface area contributed by atoms with Crippen LogP contribution in [0, 0.1) is 0 Å². The predicted molar refractivity (Wildman–Crippen MR) is 362 cm³/mol. The van der Waals surface area contributed by atoms with Crippen LogP contribution in [0.4, 0.5) is 0 Å². The van der Waals surface area contributed by atoms with Gasteiger partial charge >= 0.3 is 17.9 Å². The second-order valence-electron chi connectivity index (χ2n) is 25.2. The number of rotatable bonds is 69. The fraction of sp³-hybridized carbons (Fsp3) is 0.857. The number of hydrogen-bond donors (Lipinski definition) is 0. The number of hydrogen-bond acceptors (Lipinski definition) is 6. The topological polar surface area (TPSA) is 78.9 Å². The number of ether oxygens (including phenoxy) is 3. The molecule has 0 aromatic heterocycles. The fourth-order valence-corrected chi connectivity index (χ4v) is 11.2. The molecule has 0 amide bonds. The predicted octanol–water partition coefficient (Wildman–Crippen LogP) is 25.7. The van der Waals surface area contributed by atoms with E-state index in [4.69, 9.17) is 14.2 Å². The Balaban J connectivity index is 4.18. The van der Waals surface area contributed by atoms with Crippen LogP contribution in [0.2, 0.25) is 0 Å². The smallest absolute Gasteiger partial charge is 0.306 e. The summed E-state index contributed by atoms with van der Waals surface area (Å²) < 4.78 is 17.0. The Kier molecular flexibility index (Phi) is 69.6. The number of carbonyl (C=O) groups excluding carboxylic acids is 3. The molecule has 0 aliphatic heterocycles. The Bertz CT molecular complexity index is 1430. The number of unbranched alkanes of at least 4 members (excludes halogenated alkanes) is 50. The highest BCUT2D eigenvalue weighted by Gasteiger charge is 2.19. The van der Waals surface area contributed by atoms with Crippen molar-refractivity contribution >= 4 is 17.9 Å². The van der Waals surface area contributed by atoms with Crippen LogP contribution >= 0.6 is 0 Å². The first-order chi connectivity index (χ1) is 41.0. The Morgan fingerprint density at radius 2 is 0.434 bits per heavy atom. The van der Waals surface area contributed by atoms with Gasteiger partial charge in [0.25, 0.3) is 0 Å². The van der Waals surface area contributed by atoms with E-state index >= 15 is 0 Å². The van der Waals surface area contributed by atoms with Crippen molar-refractivity contribution in [1.82, 2.24) is 0 Å². The lowest BCUT2D eigenvalue weighted by Crippen LogP contribution is -2.30. The molecule has 0 aromatic carbocycles. The van der Waals surface area contributed by atoms with Crippen LogP contribution in [0.5, 0.6) is 0 Å². The summed E-state index contributed by atoms with van der Waals surface area (Å²) in [6.07, 6.45) is 91.5. The molecule has 0 spiro atoms. The van der Waals surface area contributed by atoms with E-state index < -0.39 is 6.10 Å². The van der Waals surface area contributed by atoms with Gasteiger partial charge in [-0.25, -0.2) is 0 Å². The van der Waals surface area contributed by atoms with Crippen molar-refractivity contribution in [2.45, 2.75) is 412 Å². The summed E-state index contributed by atoms with van der Waals surface area (Å²) in [6, 6.07) is 0. The SMILES string of the molecule is CCCCCCC/C=C\C/C=C\C/C=C\CCCCCCCCCCCCCCCCCCC(=O)OCC(COC(=O)CCCCCCCCCCCCCCC)OC(=O)CCCCCCCCCCC/C=C\CCCCCCCCCC. The molecule has 0 aliphatic rings. The molecule has 0 N–H and O–H groups in total. The lowest BCUT2D eigenvalue weighted by Gasteiger charge is -2.18. The molecule has 6 nitrogen and oxygen atoms in total. The van der Waals surface area contributed by atoms with Crippen molar-refractivity contribution in [3.8, 4) is 0 Å². The molecule has 1 atom stereocenters. The molecule has 0 aromatic rings. The molecule has 1 unspecified atom stereocenters. The van der Waals surface area contributed by atoms with Crippen LogP contribution in [-0.4, -0.2) is 37.2 Å². The molecule has 0 radical (unpaired) electrons. The molecule has 83 heavy (non-hydrogen) atoms. The van der Waals surface area contributed by atoms with Crippen LogP contribution in [0.15, 0.2) is 48.6 Å². The van der Waals surface area contributed by atoms with Crippen molar-refractivity contribution in [2.24, 2.45) is 0 Å². The zero-order chi connectivity index (χ0) is 59.9. The van der Waals surface area contributed by atoms with Crippen molar-refractivity contribution in [2.75, 3.05) is 13.2 Å². The van der Waals surface area contributed by atoms with E-state index in [-0.39, 0.29) is 31.1 Å². The summed E-state index contributed by atoms with van der Waals surface area (Å²) in [6.45, 7) is 6.70. The van der Waals surface area contributed by atoms with Gasteiger partial charge in [0.1, 0.15) is 13.2 Å². The second kappa shape index (κ2) is 71.8. The van der Waals surface area contributed by atoms with Crippen LogP contribution in [0.3, 0.4) is 0 Å². The number of carbonyl (C=O) groups is 3. The molecule has 0 saturated heterocycles. The van der Waals surface area contributed by atoms with Gasteiger partial charge in [-0.15, -0.1) is 0 Å². The Labute approximate surface area is 518 Å². The maximum atomic E-state index is 13.0. The first-order valence-electron chi connectivity index (χ1n) is 37.1. The average molecular weight is 1160 g/mol. The molecular weight excluding hydrogens is 1020 g/mol. The lowest BCUT2D eigenvalue weighted by molar-refractivity contribution is -0.167.